The molecule has 174 valence electrons. The molecule has 0 saturated carbocycles. The molecule has 0 radical (unpaired) electrons. The van der Waals surface area contributed by atoms with E-state index >= 15 is 0 Å². The van der Waals surface area contributed by atoms with Gasteiger partial charge in [0.2, 0.25) is 5.91 Å². The maximum Gasteiger partial charge on any atom is 0.573 e. The molecule has 2 aromatic heterocycles. The lowest BCUT2D eigenvalue weighted by Crippen LogP contribution is -2.23. The highest BCUT2D eigenvalue weighted by molar-refractivity contribution is 7.99. The number of aromatic nitrogens is 3. The minimum Gasteiger partial charge on any atom is -0.406 e. The van der Waals surface area contributed by atoms with Gasteiger partial charge in [-0.25, -0.2) is 14.5 Å². The first-order valence-electron chi connectivity index (χ1n) is 9.93. The van der Waals surface area contributed by atoms with Crippen LogP contribution in [0.3, 0.4) is 0 Å². The molecule has 2 heterocycles. The highest BCUT2D eigenvalue weighted by Crippen LogP contribution is 2.25. The number of nitrogens with zero attached hydrogens (tertiary/aromatic N) is 3. The lowest BCUT2D eigenvalue weighted by atomic mass is 10.2. The normalized spacial score (nSPS) is 11.4. The molecule has 0 unspecified atom stereocenters. The quantitative estimate of drug-likeness (QED) is 0.314. The number of hydrogen-bond donors (Lipinski definition) is 1. The Morgan fingerprint density at radius 3 is 2.50 bits per heavy atom. The van der Waals surface area contributed by atoms with Crippen molar-refractivity contribution in [2.45, 2.75) is 18.4 Å². The van der Waals surface area contributed by atoms with Crippen molar-refractivity contribution in [3.05, 3.63) is 82.8 Å². The maximum absolute atomic E-state index is 13.2. The van der Waals surface area contributed by atoms with Crippen LogP contribution in [-0.4, -0.2) is 32.6 Å². The summed E-state index contributed by atoms with van der Waals surface area (Å²) >= 11 is 1.04. The number of ether oxygens (including phenoxy) is 1. The summed E-state index contributed by atoms with van der Waals surface area (Å²) < 4.78 is 42.0. The van der Waals surface area contributed by atoms with E-state index in [1.165, 1.54) is 16.7 Å². The van der Waals surface area contributed by atoms with Crippen LogP contribution in [0.1, 0.15) is 5.56 Å². The van der Waals surface area contributed by atoms with Crippen LogP contribution in [0.2, 0.25) is 0 Å². The van der Waals surface area contributed by atoms with Gasteiger partial charge in [-0.05, 0) is 55.0 Å². The smallest absolute Gasteiger partial charge is 0.406 e. The van der Waals surface area contributed by atoms with Crippen LogP contribution in [0, 0.1) is 6.92 Å². The van der Waals surface area contributed by atoms with Crippen LogP contribution in [0.5, 0.6) is 5.75 Å². The van der Waals surface area contributed by atoms with Gasteiger partial charge < -0.3 is 10.1 Å². The van der Waals surface area contributed by atoms with E-state index in [0.29, 0.717) is 22.4 Å². The van der Waals surface area contributed by atoms with Crippen LogP contribution in [0.15, 0.2) is 76.8 Å². The van der Waals surface area contributed by atoms with Gasteiger partial charge in [-0.15, -0.1) is 13.2 Å². The number of rotatable bonds is 6. The van der Waals surface area contributed by atoms with Crippen LogP contribution in [0.25, 0.3) is 16.7 Å². The zero-order valence-electron chi connectivity index (χ0n) is 17.7. The number of anilines is 1. The molecule has 4 aromatic rings. The second kappa shape index (κ2) is 9.56. The van der Waals surface area contributed by atoms with Gasteiger partial charge >= 0.3 is 6.36 Å². The minimum absolute atomic E-state index is 0.0998. The first kappa shape index (κ1) is 23.3. The fourth-order valence-electron chi connectivity index (χ4n) is 3.07. The number of carbonyl (C=O) groups is 1. The summed E-state index contributed by atoms with van der Waals surface area (Å²) in [6, 6.07) is 15.2. The number of fused-ring (bicyclic) bond motifs is 1. The average Bonchev–Trinajstić information content (AvgIpc) is 2.79. The number of nitrogens with one attached hydrogen (secondary N) is 1. The summed E-state index contributed by atoms with van der Waals surface area (Å²) in [7, 11) is 0. The van der Waals surface area contributed by atoms with Crippen molar-refractivity contribution >= 4 is 34.3 Å². The predicted octanol–water partition coefficient (Wildman–Crippen LogP) is 4.72. The minimum atomic E-state index is -4.80. The zero-order valence-corrected chi connectivity index (χ0v) is 18.5. The number of alkyl halides is 3. The summed E-state index contributed by atoms with van der Waals surface area (Å²) in [6.07, 6.45) is -3.17. The fourth-order valence-corrected chi connectivity index (χ4v) is 3.87. The Morgan fingerprint density at radius 2 is 1.82 bits per heavy atom. The molecule has 7 nitrogen and oxygen atoms in total. The van der Waals surface area contributed by atoms with Crippen molar-refractivity contribution in [3.8, 4) is 11.6 Å². The van der Waals surface area contributed by atoms with E-state index < -0.39 is 18.0 Å². The Balaban J connectivity index is 1.55. The average molecular weight is 486 g/mol. The summed E-state index contributed by atoms with van der Waals surface area (Å²) in [5.74, 6) is -0.551. The lowest BCUT2D eigenvalue weighted by molar-refractivity contribution is -0.274. The van der Waals surface area contributed by atoms with E-state index in [4.69, 9.17) is 0 Å². The van der Waals surface area contributed by atoms with Gasteiger partial charge in [0.1, 0.15) is 11.6 Å². The van der Waals surface area contributed by atoms with Gasteiger partial charge in [-0.3, -0.25) is 9.59 Å². The highest BCUT2D eigenvalue weighted by atomic mass is 32.2. The highest BCUT2D eigenvalue weighted by Gasteiger charge is 2.31. The third-order valence-electron chi connectivity index (χ3n) is 4.57. The first-order valence-corrected chi connectivity index (χ1v) is 10.9. The van der Waals surface area contributed by atoms with Crippen molar-refractivity contribution in [1.82, 2.24) is 14.5 Å². The molecule has 4 rings (SSSR count). The molecular weight excluding hydrogens is 469 g/mol. The van der Waals surface area contributed by atoms with Crippen molar-refractivity contribution in [2.75, 3.05) is 11.1 Å². The molecule has 0 aliphatic heterocycles. The third-order valence-corrected chi connectivity index (χ3v) is 5.51. The number of benzene rings is 2. The Bertz CT molecular complexity index is 1390. The van der Waals surface area contributed by atoms with Gasteiger partial charge in [0.25, 0.3) is 5.56 Å². The zero-order chi connectivity index (χ0) is 24.3. The molecule has 11 heteroatoms. The number of amides is 1. The first-order chi connectivity index (χ1) is 16.2. The molecule has 0 fully saturated rings. The molecule has 0 saturated heterocycles. The third kappa shape index (κ3) is 5.54. The number of carbonyl (C=O) groups excluding carboxylic acids is 1. The summed E-state index contributed by atoms with van der Waals surface area (Å²) in [5, 5.41) is 3.29. The lowest BCUT2D eigenvalue weighted by Gasteiger charge is -2.13. The van der Waals surface area contributed by atoms with E-state index in [1.807, 2.05) is 13.0 Å². The number of thioether (sulfide) groups is 1. The second-order valence-electron chi connectivity index (χ2n) is 7.15. The summed E-state index contributed by atoms with van der Waals surface area (Å²) in [5.41, 5.74) is 1.39. The van der Waals surface area contributed by atoms with E-state index in [0.717, 1.165) is 29.5 Å². The number of halogens is 3. The summed E-state index contributed by atoms with van der Waals surface area (Å²) in [4.78, 5) is 34.5. The predicted molar refractivity (Wildman–Crippen MR) is 122 cm³/mol. The second-order valence-corrected chi connectivity index (χ2v) is 8.10. The van der Waals surface area contributed by atoms with E-state index in [-0.39, 0.29) is 16.5 Å². The number of hydrogen-bond acceptors (Lipinski definition) is 6. The van der Waals surface area contributed by atoms with Crippen LogP contribution in [0.4, 0.5) is 18.9 Å². The molecule has 0 aliphatic rings. The van der Waals surface area contributed by atoms with Gasteiger partial charge in [0, 0.05) is 11.9 Å². The van der Waals surface area contributed by atoms with Crippen molar-refractivity contribution in [3.63, 3.8) is 0 Å². The standard InChI is InChI=1S/C23H17F3N4O3S/c1-14-6-11-19(27-12-14)30-21(32)17-4-2-3-5-18(17)29-22(30)34-13-20(31)28-15-7-9-16(10-8-15)33-23(24,25)26/h2-12H,13H2,1H3,(H,28,31). The molecule has 0 bridgehead atoms. The van der Waals surface area contributed by atoms with E-state index in [1.54, 1.807) is 36.5 Å². The van der Waals surface area contributed by atoms with Crippen LogP contribution in [-0.2, 0) is 4.79 Å². The van der Waals surface area contributed by atoms with Gasteiger partial charge in [0.05, 0.1) is 16.7 Å². The Morgan fingerprint density at radius 1 is 1.09 bits per heavy atom. The molecule has 0 aliphatic carbocycles. The van der Waals surface area contributed by atoms with Crippen molar-refractivity contribution in [1.29, 1.82) is 0 Å². The van der Waals surface area contributed by atoms with E-state index in [2.05, 4.69) is 20.0 Å². The molecule has 2 aromatic carbocycles. The molecular formula is C23H17F3N4O3S. The van der Waals surface area contributed by atoms with Crippen molar-refractivity contribution < 1.29 is 22.7 Å². The molecule has 1 amide bonds. The van der Waals surface area contributed by atoms with Gasteiger partial charge in [0.15, 0.2) is 5.16 Å². The molecule has 1 N–H and O–H groups in total. The SMILES string of the molecule is Cc1ccc(-n2c(SCC(=O)Nc3ccc(OC(F)(F)F)cc3)nc3ccccc3c2=O)nc1. The Labute approximate surface area is 195 Å². The maximum atomic E-state index is 13.2. The fraction of sp³-hybridized carbons (Fsp3) is 0.130. The Hall–Kier alpha value is -3.86. The number of para-hydroxylation sites is 1. The van der Waals surface area contributed by atoms with Gasteiger partial charge in [-0.1, -0.05) is 30.0 Å². The van der Waals surface area contributed by atoms with Gasteiger partial charge in [-0.2, -0.15) is 0 Å². The topological polar surface area (TPSA) is 86.1 Å². The molecule has 0 atom stereocenters. The van der Waals surface area contributed by atoms with Crippen molar-refractivity contribution in [2.24, 2.45) is 0 Å². The number of aryl methyl sites for hydroxylation is 1. The molecule has 34 heavy (non-hydrogen) atoms. The number of pyridine rings is 1. The largest absolute Gasteiger partial charge is 0.573 e. The van der Waals surface area contributed by atoms with Crippen LogP contribution >= 0.6 is 11.8 Å². The monoisotopic (exact) mass is 486 g/mol. The Kier molecular flexibility index (Phi) is 6.55. The molecule has 0 spiro atoms. The van der Waals surface area contributed by atoms with Crippen LogP contribution < -0.4 is 15.6 Å². The van der Waals surface area contributed by atoms with E-state index in [9.17, 15) is 22.8 Å². The summed E-state index contributed by atoms with van der Waals surface area (Å²) in [6.45, 7) is 1.87.